The molecule has 0 atom stereocenters. The van der Waals surface area contributed by atoms with Crippen LogP contribution in [-0.4, -0.2) is 39.4 Å². The van der Waals surface area contributed by atoms with Crippen LogP contribution in [0.3, 0.4) is 0 Å². The fraction of sp³-hybridized carbons (Fsp3) is 0.286. The van der Waals surface area contributed by atoms with Crippen LogP contribution in [0, 0.1) is 0 Å². The number of carbonyl (C=O) groups is 1. The Morgan fingerprint density at radius 2 is 1.83 bits per heavy atom. The number of hydrogen-bond donors (Lipinski definition) is 1. The number of carbonyl (C=O) groups excluding carboxylic acids is 1. The van der Waals surface area contributed by atoms with Gasteiger partial charge in [-0.2, -0.15) is 8.78 Å². The molecule has 0 fully saturated rings. The van der Waals surface area contributed by atoms with Gasteiger partial charge in [0.1, 0.15) is 6.61 Å². The third kappa shape index (κ3) is 7.33. The van der Waals surface area contributed by atoms with Crippen LogP contribution in [-0.2, 0) is 4.79 Å². The van der Waals surface area contributed by atoms with Crippen molar-refractivity contribution in [3.05, 3.63) is 54.1 Å². The Morgan fingerprint density at radius 3 is 2.52 bits per heavy atom. The Morgan fingerprint density at radius 1 is 1.07 bits per heavy atom. The second kappa shape index (κ2) is 11.5. The van der Waals surface area contributed by atoms with Gasteiger partial charge in [-0.15, -0.1) is 0 Å². The molecule has 0 bridgehead atoms. The molecule has 0 heterocycles. The quantitative estimate of drug-likeness (QED) is 0.452. The molecule has 29 heavy (non-hydrogen) atoms. The van der Waals surface area contributed by atoms with E-state index in [2.05, 4.69) is 10.1 Å². The first-order chi connectivity index (χ1) is 14.0. The van der Waals surface area contributed by atoms with Gasteiger partial charge < -0.3 is 24.3 Å². The number of benzene rings is 2. The smallest absolute Gasteiger partial charge is 0.387 e. The molecule has 0 aliphatic rings. The summed E-state index contributed by atoms with van der Waals surface area (Å²) in [6.07, 6.45) is 2.88. The lowest BCUT2D eigenvalue weighted by Gasteiger charge is -2.11. The second-order valence-electron chi connectivity index (χ2n) is 5.64. The van der Waals surface area contributed by atoms with Crippen LogP contribution in [0.2, 0.25) is 0 Å². The summed E-state index contributed by atoms with van der Waals surface area (Å²) < 4.78 is 45.3. The lowest BCUT2D eigenvalue weighted by molar-refractivity contribution is -0.116. The molecule has 2 aromatic rings. The highest BCUT2D eigenvalue weighted by Crippen LogP contribution is 2.30. The molecule has 0 aliphatic carbocycles. The van der Waals surface area contributed by atoms with Crippen molar-refractivity contribution in [3.63, 3.8) is 0 Å². The number of methoxy groups -OCH3 is 1. The zero-order valence-corrected chi connectivity index (χ0v) is 16.2. The fourth-order valence-corrected chi connectivity index (χ4v) is 2.39. The minimum absolute atomic E-state index is 0.0584. The third-order valence-electron chi connectivity index (χ3n) is 3.64. The summed E-state index contributed by atoms with van der Waals surface area (Å²) in [5.74, 6) is 1.01. The zero-order valence-electron chi connectivity index (χ0n) is 16.2. The van der Waals surface area contributed by atoms with E-state index in [-0.39, 0.29) is 24.0 Å². The monoisotopic (exact) mass is 407 g/mol. The lowest BCUT2D eigenvalue weighted by Crippen LogP contribution is -2.26. The Balaban J connectivity index is 1.85. The summed E-state index contributed by atoms with van der Waals surface area (Å²) in [5.41, 5.74) is 0.607. The largest absolute Gasteiger partial charge is 0.493 e. The first kappa shape index (κ1) is 22.0. The van der Waals surface area contributed by atoms with E-state index in [1.54, 1.807) is 38.3 Å². The maximum atomic E-state index is 12.4. The summed E-state index contributed by atoms with van der Waals surface area (Å²) >= 11 is 0. The highest BCUT2D eigenvalue weighted by molar-refractivity contribution is 5.91. The first-order valence-electron chi connectivity index (χ1n) is 8.97. The van der Waals surface area contributed by atoms with Gasteiger partial charge in [0.2, 0.25) is 5.91 Å². The van der Waals surface area contributed by atoms with Gasteiger partial charge in [0, 0.05) is 6.08 Å². The van der Waals surface area contributed by atoms with Crippen molar-refractivity contribution in [1.29, 1.82) is 0 Å². The molecule has 0 saturated carbocycles. The molecule has 2 rings (SSSR count). The molecular formula is C21H23F2NO5. The average molecular weight is 407 g/mol. The van der Waals surface area contributed by atoms with E-state index in [9.17, 15) is 13.6 Å². The molecule has 8 heteroatoms. The van der Waals surface area contributed by atoms with Crippen molar-refractivity contribution >= 4 is 12.0 Å². The molecule has 2 aromatic carbocycles. The van der Waals surface area contributed by atoms with Crippen molar-refractivity contribution in [3.8, 4) is 23.0 Å². The number of para-hydroxylation sites is 2. The minimum atomic E-state index is -2.94. The van der Waals surface area contributed by atoms with Gasteiger partial charge in [-0.25, -0.2) is 0 Å². The maximum Gasteiger partial charge on any atom is 0.387 e. The van der Waals surface area contributed by atoms with Crippen LogP contribution in [0.15, 0.2) is 48.5 Å². The molecular weight excluding hydrogens is 384 g/mol. The average Bonchev–Trinajstić information content (AvgIpc) is 2.71. The van der Waals surface area contributed by atoms with Gasteiger partial charge in [-0.1, -0.05) is 18.2 Å². The Kier molecular flexibility index (Phi) is 8.75. The van der Waals surface area contributed by atoms with E-state index in [0.717, 1.165) is 0 Å². The van der Waals surface area contributed by atoms with Gasteiger partial charge in [0.25, 0.3) is 0 Å². The number of ether oxygens (including phenoxy) is 4. The Labute approximate surface area is 168 Å². The van der Waals surface area contributed by atoms with Crippen molar-refractivity contribution in [2.75, 3.05) is 26.9 Å². The number of nitrogens with one attached hydrogen (secondary N) is 1. The predicted octanol–water partition coefficient (Wildman–Crippen LogP) is 3.90. The van der Waals surface area contributed by atoms with E-state index in [1.165, 1.54) is 18.2 Å². The predicted molar refractivity (Wildman–Crippen MR) is 105 cm³/mol. The van der Waals surface area contributed by atoms with Gasteiger partial charge >= 0.3 is 6.61 Å². The molecule has 0 spiro atoms. The van der Waals surface area contributed by atoms with Gasteiger partial charge in [0.15, 0.2) is 23.0 Å². The second-order valence-corrected chi connectivity index (χ2v) is 5.64. The highest BCUT2D eigenvalue weighted by atomic mass is 19.3. The normalized spacial score (nSPS) is 10.8. The Bertz CT molecular complexity index is 826. The van der Waals surface area contributed by atoms with Crippen molar-refractivity contribution in [1.82, 2.24) is 5.32 Å². The van der Waals surface area contributed by atoms with E-state index >= 15 is 0 Å². The van der Waals surface area contributed by atoms with E-state index < -0.39 is 6.61 Å². The summed E-state index contributed by atoms with van der Waals surface area (Å²) in [7, 11) is 1.55. The van der Waals surface area contributed by atoms with E-state index in [4.69, 9.17) is 14.2 Å². The number of halogens is 2. The highest BCUT2D eigenvalue weighted by Gasteiger charge is 2.11. The third-order valence-corrected chi connectivity index (χ3v) is 3.64. The molecule has 0 unspecified atom stereocenters. The number of hydrogen-bond acceptors (Lipinski definition) is 5. The summed E-state index contributed by atoms with van der Waals surface area (Å²) in [4.78, 5) is 11.9. The molecule has 1 amide bonds. The van der Waals surface area contributed by atoms with Crippen LogP contribution in [0.25, 0.3) is 6.08 Å². The molecule has 0 aliphatic heterocycles. The number of amides is 1. The molecule has 6 nitrogen and oxygen atoms in total. The fourth-order valence-electron chi connectivity index (χ4n) is 2.39. The van der Waals surface area contributed by atoms with Crippen LogP contribution < -0.4 is 24.3 Å². The van der Waals surface area contributed by atoms with Crippen LogP contribution in [0.5, 0.6) is 23.0 Å². The summed E-state index contributed by atoms with van der Waals surface area (Å²) in [6, 6.07) is 11.7. The first-order valence-corrected chi connectivity index (χ1v) is 8.97. The number of rotatable bonds is 11. The van der Waals surface area contributed by atoms with E-state index in [1.807, 2.05) is 12.1 Å². The SMILES string of the molecule is CCOc1cc(/C=C/C(=O)NCCOc2ccccc2OC)ccc1OC(F)F. The van der Waals surface area contributed by atoms with Crippen LogP contribution in [0.1, 0.15) is 12.5 Å². The minimum Gasteiger partial charge on any atom is -0.493 e. The molecule has 0 saturated heterocycles. The van der Waals surface area contributed by atoms with Gasteiger partial charge in [-0.3, -0.25) is 4.79 Å². The summed E-state index contributed by atoms with van der Waals surface area (Å²) in [5, 5.41) is 2.69. The molecule has 156 valence electrons. The Hall–Kier alpha value is -3.29. The molecule has 0 radical (unpaired) electrons. The van der Waals surface area contributed by atoms with Crippen molar-refractivity contribution in [2.24, 2.45) is 0 Å². The maximum absolute atomic E-state index is 12.4. The molecule has 1 N–H and O–H groups in total. The van der Waals surface area contributed by atoms with Crippen molar-refractivity contribution < 1.29 is 32.5 Å². The zero-order chi connectivity index (χ0) is 21.1. The van der Waals surface area contributed by atoms with Gasteiger partial charge in [0.05, 0.1) is 20.3 Å². The standard InChI is InChI=1S/C21H23F2NO5/c1-3-27-19-14-15(8-10-18(19)29-21(22)23)9-11-20(25)24-12-13-28-17-7-5-4-6-16(17)26-2/h4-11,14,21H,3,12-13H2,1-2H3,(H,24,25)/b11-9+. The number of alkyl halides is 2. The van der Waals surface area contributed by atoms with Crippen molar-refractivity contribution in [2.45, 2.75) is 13.5 Å². The molecule has 0 aromatic heterocycles. The topological polar surface area (TPSA) is 66.0 Å². The van der Waals surface area contributed by atoms with Gasteiger partial charge in [-0.05, 0) is 42.8 Å². The van der Waals surface area contributed by atoms with E-state index in [0.29, 0.717) is 30.2 Å². The van der Waals surface area contributed by atoms with Crippen LogP contribution >= 0.6 is 0 Å². The van der Waals surface area contributed by atoms with Crippen LogP contribution in [0.4, 0.5) is 8.78 Å². The lowest BCUT2D eigenvalue weighted by atomic mass is 10.2. The summed E-state index contributed by atoms with van der Waals surface area (Å²) in [6.45, 7) is -0.352.